The molecule has 2 aromatic rings. The van der Waals surface area contributed by atoms with Crippen molar-refractivity contribution in [2.75, 3.05) is 31.6 Å². The lowest BCUT2D eigenvalue weighted by atomic mass is 10.3. The molecule has 0 radical (unpaired) electrons. The van der Waals surface area contributed by atoms with Gasteiger partial charge in [-0.3, -0.25) is 9.52 Å². The third-order valence-corrected chi connectivity index (χ3v) is 5.12. The molecule has 1 amide bonds. The van der Waals surface area contributed by atoms with Crippen LogP contribution in [0.5, 0.6) is 5.75 Å². The van der Waals surface area contributed by atoms with Crippen LogP contribution in [0.25, 0.3) is 0 Å². The summed E-state index contributed by atoms with van der Waals surface area (Å²) in [6.45, 7) is 0.813. The molecule has 0 spiro atoms. The van der Waals surface area contributed by atoms with E-state index in [0.29, 0.717) is 25.3 Å². The Bertz CT molecular complexity index is 859. The van der Waals surface area contributed by atoms with Crippen LogP contribution in [0.4, 0.5) is 5.69 Å². The zero-order valence-electron chi connectivity index (χ0n) is 14.8. The summed E-state index contributed by atoms with van der Waals surface area (Å²) in [5.41, 5.74) is 0.444. The molecule has 0 atom stereocenters. The number of ether oxygens (including phenoxy) is 2. The van der Waals surface area contributed by atoms with Crippen LogP contribution in [0.15, 0.2) is 53.4 Å². The summed E-state index contributed by atoms with van der Waals surface area (Å²) in [5.74, 6) is -0.0769. The number of carbonyl (C=O) groups excluding carboxylic acids is 1. The molecule has 0 aromatic heterocycles. The lowest BCUT2D eigenvalue weighted by molar-refractivity contribution is -0.123. The van der Waals surface area contributed by atoms with Crippen molar-refractivity contribution in [2.45, 2.75) is 11.3 Å². The van der Waals surface area contributed by atoms with E-state index in [2.05, 4.69) is 10.0 Å². The largest absolute Gasteiger partial charge is 0.482 e. The normalized spacial score (nSPS) is 11.0. The van der Waals surface area contributed by atoms with E-state index in [9.17, 15) is 13.2 Å². The predicted octanol–water partition coefficient (Wildman–Crippen LogP) is 2.67. The monoisotopic (exact) mass is 412 g/mol. The van der Waals surface area contributed by atoms with Gasteiger partial charge in [0.2, 0.25) is 0 Å². The maximum atomic E-state index is 12.4. The summed E-state index contributed by atoms with van der Waals surface area (Å²) in [6, 6.07) is 12.6. The highest BCUT2D eigenvalue weighted by Crippen LogP contribution is 2.28. The van der Waals surface area contributed by atoms with Crippen LogP contribution >= 0.6 is 11.6 Å². The minimum atomic E-state index is -3.78. The lowest BCUT2D eigenvalue weighted by Crippen LogP contribution is -2.30. The fraction of sp³-hybridized carbons (Fsp3) is 0.278. The van der Waals surface area contributed by atoms with Gasteiger partial charge in [-0.25, -0.2) is 8.42 Å². The van der Waals surface area contributed by atoms with E-state index in [1.165, 1.54) is 18.2 Å². The van der Waals surface area contributed by atoms with Gasteiger partial charge in [-0.15, -0.1) is 0 Å². The van der Waals surface area contributed by atoms with Gasteiger partial charge in [-0.2, -0.15) is 0 Å². The number of halogens is 1. The van der Waals surface area contributed by atoms with Crippen molar-refractivity contribution in [1.29, 1.82) is 0 Å². The van der Waals surface area contributed by atoms with Gasteiger partial charge >= 0.3 is 0 Å². The van der Waals surface area contributed by atoms with E-state index in [-0.39, 0.29) is 28.2 Å². The maximum absolute atomic E-state index is 12.4. The van der Waals surface area contributed by atoms with Gasteiger partial charge in [0.25, 0.3) is 15.9 Å². The Morgan fingerprint density at radius 1 is 1.15 bits per heavy atom. The number of benzene rings is 2. The van der Waals surface area contributed by atoms with E-state index < -0.39 is 10.0 Å². The standard InChI is InChI=1S/C18H21ClN2O5S/c1-25-11-5-10-20-18(22)13-26-17-9-8-15(12-16(17)19)27(23,24)21-14-6-3-2-4-7-14/h2-4,6-9,12,21H,5,10-11,13H2,1H3,(H,20,22). The van der Waals surface area contributed by atoms with Crippen molar-refractivity contribution in [1.82, 2.24) is 5.32 Å². The summed E-state index contributed by atoms with van der Waals surface area (Å²) < 4.78 is 37.5. The maximum Gasteiger partial charge on any atom is 0.261 e. The van der Waals surface area contributed by atoms with E-state index in [1.54, 1.807) is 37.4 Å². The van der Waals surface area contributed by atoms with Crippen LogP contribution in [0.3, 0.4) is 0 Å². The van der Waals surface area contributed by atoms with E-state index in [1.807, 2.05) is 0 Å². The Hall–Kier alpha value is -2.29. The molecule has 0 aliphatic heterocycles. The first-order valence-electron chi connectivity index (χ1n) is 8.18. The molecule has 0 saturated carbocycles. The van der Waals surface area contributed by atoms with Crippen molar-refractivity contribution < 1.29 is 22.7 Å². The smallest absolute Gasteiger partial charge is 0.261 e. The summed E-state index contributed by atoms with van der Waals surface area (Å²) in [5, 5.41) is 2.77. The number of nitrogens with one attached hydrogen (secondary N) is 2. The first-order chi connectivity index (χ1) is 12.9. The molecule has 7 nitrogen and oxygen atoms in total. The third-order valence-electron chi connectivity index (χ3n) is 3.45. The van der Waals surface area contributed by atoms with Gasteiger partial charge in [0.1, 0.15) is 5.75 Å². The molecule has 0 saturated heterocycles. The van der Waals surface area contributed by atoms with Gasteiger partial charge in [0, 0.05) is 25.9 Å². The first kappa shape index (κ1) is 21.0. The molecule has 146 valence electrons. The molecule has 2 rings (SSSR count). The van der Waals surface area contributed by atoms with Crippen LogP contribution < -0.4 is 14.8 Å². The van der Waals surface area contributed by atoms with Gasteiger partial charge in [0.15, 0.2) is 6.61 Å². The number of para-hydroxylation sites is 1. The van der Waals surface area contributed by atoms with Crippen LogP contribution in [-0.4, -0.2) is 41.2 Å². The van der Waals surface area contributed by atoms with Crippen molar-refractivity contribution in [3.05, 3.63) is 53.6 Å². The number of rotatable bonds is 10. The van der Waals surface area contributed by atoms with Crippen LogP contribution in [0.2, 0.25) is 5.02 Å². The number of hydrogen-bond donors (Lipinski definition) is 2. The average Bonchev–Trinajstić information content (AvgIpc) is 2.64. The number of hydrogen-bond acceptors (Lipinski definition) is 5. The minimum absolute atomic E-state index is 0.00674. The second-order valence-electron chi connectivity index (χ2n) is 5.55. The molecule has 0 heterocycles. The van der Waals surface area contributed by atoms with Gasteiger partial charge < -0.3 is 14.8 Å². The Kier molecular flexibility index (Phi) is 7.90. The highest BCUT2D eigenvalue weighted by Gasteiger charge is 2.16. The minimum Gasteiger partial charge on any atom is -0.482 e. The molecule has 2 N–H and O–H groups in total. The SMILES string of the molecule is COCCCNC(=O)COc1ccc(S(=O)(=O)Nc2ccccc2)cc1Cl. The second kappa shape index (κ2) is 10.1. The number of carbonyl (C=O) groups is 1. The fourth-order valence-electron chi connectivity index (χ4n) is 2.12. The molecule has 27 heavy (non-hydrogen) atoms. The molecule has 9 heteroatoms. The van der Waals surface area contributed by atoms with E-state index in [0.717, 1.165) is 0 Å². The molecular weight excluding hydrogens is 392 g/mol. The van der Waals surface area contributed by atoms with Crippen LogP contribution in [0, 0.1) is 0 Å². The van der Waals surface area contributed by atoms with E-state index >= 15 is 0 Å². The Morgan fingerprint density at radius 2 is 1.89 bits per heavy atom. The van der Waals surface area contributed by atoms with Gasteiger partial charge in [-0.05, 0) is 36.8 Å². The highest BCUT2D eigenvalue weighted by molar-refractivity contribution is 7.92. The molecule has 0 bridgehead atoms. The molecule has 2 aromatic carbocycles. The lowest BCUT2D eigenvalue weighted by Gasteiger charge is -2.11. The highest BCUT2D eigenvalue weighted by atomic mass is 35.5. The summed E-state index contributed by atoms with van der Waals surface area (Å²) in [7, 11) is -2.19. The van der Waals surface area contributed by atoms with Crippen molar-refractivity contribution in [3.63, 3.8) is 0 Å². The first-order valence-corrected chi connectivity index (χ1v) is 10.0. The average molecular weight is 413 g/mol. The molecule has 0 fully saturated rings. The topological polar surface area (TPSA) is 93.7 Å². The van der Waals surface area contributed by atoms with Crippen LogP contribution in [-0.2, 0) is 19.6 Å². The number of amides is 1. The molecule has 0 aliphatic carbocycles. The summed E-state index contributed by atoms with van der Waals surface area (Å²) in [6.07, 6.45) is 0.698. The molecule has 0 unspecified atom stereocenters. The van der Waals surface area contributed by atoms with E-state index in [4.69, 9.17) is 21.1 Å². The summed E-state index contributed by atoms with van der Waals surface area (Å²) in [4.78, 5) is 11.7. The number of anilines is 1. The fourth-order valence-corrected chi connectivity index (χ4v) is 3.51. The molecule has 0 aliphatic rings. The van der Waals surface area contributed by atoms with Gasteiger partial charge in [0.05, 0.1) is 9.92 Å². The Morgan fingerprint density at radius 3 is 2.56 bits per heavy atom. The number of methoxy groups -OCH3 is 1. The van der Waals surface area contributed by atoms with Crippen molar-refractivity contribution >= 4 is 33.2 Å². The zero-order valence-corrected chi connectivity index (χ0v) is 16.3. The summed E-state index contributed by atoms with van der Waals surface area (Å²) >= 11 is 6.10. The van der Waals surface area contributed by atoms with Crippen molar-refractivity contribution in [3.8, 4) is 5.75 Å². The Balaban J connectivity index is 1.95. The van der Waals surface area contributed by atoms with Crippen LogP contribution in [0.1, 0.15) is 6.42 Å². The number of sulfonamides is 1. The molecular formula is C18H21ClN2O5S. The zero-order chi connectivity index (χ0) is 19.7. The second-order valence-corrected chi connectivity index (χ2v) is 7.64. The van der Waals surface area contributed by atoms with Gasteiger partial charge in [-0.1, -0.05) is 29.8 Å². The van der Waals surface area contributed by atoms with Crippen molar-refractivity contribution in [2.24, 2.45) is 0 Å². The quantitative estimate of drug-likeness (QED) is 0.585. The third kappa shape index (κ3) is 6.74. The Labute approximate surface area is 163 Å². The predicted molar refractivity (Wildman–Crippen MR) is 104 cm³/mol.